The van der Waals surface area contributed by atoms with E-state index < -0.39 is 19.1 Å². The van der Waals surface area contributed by atoms with Gasteiger partial charge in [0.25, 0.3) is 6.43 Å². The molecule has 1 aromatic carbocycles. The summed E-state index contributed by atoms with van der Waals surface area (Å²) in [5.74, 6) is 0. The second-order valence-corrected chi connectivity index (χ2v) is 5.63. The molecule has 0 fully saturated rings. The molecule has 0 heterocycles. The van der Waals surface area contributed by atoms with Crippen molar-refractivity contribution in [2.24, 2.45) is 0 Å². The Morgan fingerprint density at radius 2 is 1.80 bits per heavy atom. The van der Waals surface area contributed by atoms with Gasteiger partial charge in [0.1, 0.15) is 6.61 Å². The van der Waals surface area contributed by atoms with E-state index in [4.69, 9.17) is 4.74 Å². The first-order valence-corrected chi connectivity index (χ1v) is 7.01. The molecular formula is C16H24F2O2. The van der Waals surface area contributed by atoms with Gasteiger partial charge in [-0.2, -0.15) is 0 Å². The number of alkyl halides is 2. The van der Waals surface area contributed by atoms with Crippen molar-refractivity contribution in [1.29, 1.82) is 0 Å². The fraction of sp³-hybridized carbons (Fsp3) is 0.625. The Morgan fingerprint density at radius 1 is 1.20 bits per heavy atom. The highest BCUT2D eigenvalue weighted by atomic mass is 19.3. The normalized spacial score (nSPS) is 13.8. The molecule has 0 radical (unpaired) electrons. The predicted molar refractivity (Wildman–Crippen MR) is 76.2 cm³/mol. The van der Waals surface area contributed by atoms with Crippen molar-refractivity contribution in [2.75, 3.05) is 13.2 Å². The van der Waals surface area contributed by atoms with Crippen LogP contribution >= 0.6 is 0 Å². The molecule has 2 nitrogen and oxygen atoms in total. The van der Waals surface area contributed by atoms with Crippen LogP contribution in [0.1, 0.15) is 50.8 Å². The van der Waals surface area contributed by atoms with Gasteiger partial charge in [-0.3, -0.25) is 0 Å². The zero-order valence-electron chi connectivity index (χ0n) is 12.4. The van der Waals surface area contributed by atoms with Gasteiger partial charge in [-0.15, -0.1) is 0 Å². The monoisotopic (exact) mass is 286 g/mol. The lowest BCUT2D eigenvalue weighted by atomic mass is 9.82. The minimum absolute atomic E-state index is 0.115. The number of aliphatic hydroxyl groups is 1. The second-order valence-electron chi connectivity index (χ2n) is 5.63. The van der Waals surface area contributed by atoms with Gasteiger partial charge in [-0.05, 0) is 23.0 Å². The molecule has 0 aliphatic carbocycles. The largest absolute Gasteiger partial charge is 0.388 e. The summed E-state index contributed by atoms with van der Waals surface area (Å²) < 4.78 is 28.5. The van der Waals surface area contributed by atoms with Crippen LogP contribution in [-0.2, 0) is 10.2 Å². The molecule has 0 bridgehead atoms. The first kappa shape index (κ1) is 17.1. The highest BCUT2D eigenvalue weighted by molar-refractivity contribution is 5.29. The zero-order valence-corrected chi connectivity index (χ0v) is 12.4. The molecule has 0 saturated heterocycles. The Balaban J connectivity index is 2.51. The maximum Gasteiger partial charge on any atom is 0.261 e. The van der Waals surface area contributed by atoms with Crippen LogP contribution in [0.15, 0.2) is 24.3 Å². The third kappa shape index (κ3) is 5.17. The highest BCUT2D eigenvalue weighted by Crippen LogP contribution is 2.28. The smallest absolute Gasteiger partial charge is 0.261 e. The first-order chi connectivity index (χ1) is 9.36. The average molecular weight is 286 g/mol. The molecule has 0 aromatic heterocycles. The van der Waals surface area contributed by atoms with E-state index in [-0.39, 0.29) is 12.0 Å². The molecule has 0 saturated carbocycles. The number of halogens is 2. The summed E-state index contributed by atoms with van der Waals surface area (Å²) >= 11 is 0. The molecule has 0 aliphatic heterocycles. The van der Waals surface area contributed by atoms with Crippen LogP contribution < -0.4 is 0 Å². The van der Waals surface area contributed by atoms with Crippen molar-refractivity contribution in [2.45, 2.75) is 51.6 Å². The maximum atomic E-state index is 11.9. The van der Waals surface area contributed by atoms with E-state index in [0.29, 0.717) is 6.42 Å². The standard InChI is InChI=1S/C16H24F2O2/c1-4-16(2,3)13-7-5-12(6-8-13)14(19)9-10-20-11-15(17)18/h5-8,14-15,19H,4,9-11H2,1-3H3. The SMILES string of the molecule is CCC(C)(C)c1ccc(C(O)CCOCC(F)F)cc1. The molecule has 1 unspecified atom stereocenters. The Morgan fingerprint density at radius 3 is 2.30 bits per heavy atom. The van der Waals surface area contributed by atoms with Crippen LogP contribution in [0.2, 0.25) is 0 Å². The van der Waals surface area contributed by atoms with Crippen molar-refractivity contribution in [3.05, 3.63) is 35.4 Å². The molecule has 114 valence electrons. The molecule has 20 heavy (non-hydrogen) atoms. The molecule has 1 rings (SSSR count). The summed E-state index contributed by atoms with van der Waals surface area (Å²) in [4.78, 5) is 0. The lowest BCUT2D eigenvalue weighted by Crippen LogP contribution is -2.15. The van der Waals surface area contributed by atoms with Gasteiger partial charge < -0.3 is 9.84 Å². The minimum atomic E-state index is -2.46. The van der Waals surface area contributed by atoms with E-state index in [1.54, 1.807) is 0 Å². The summed E-state index contributed by atoms with van der Waals surface area (Å²) in [6.07, 6.45) is -1.77. The predicted octanol–water partition coefficient (Wildman–Crippen LogP) is 4.08. The van der Waals surface area contributed by atoms with E-state index in [9.17, 15) is 13.9 Å². The third-order valence-corrected chi connectivity index (χ3v) is 3.74. The van der Waals surface area contributed by atoms with Crippen LogP contribution in [0.3, 0.4) is 0 Å². The first-order valence-electron chi connectivity index (χ1n) is 7.01. The molecule has 1 N–H and O–H groups in total. The van der Waals surface area contributed by atoms with Crippen LogP contribution in [-0.4, -0.2) is 24.7 Å². The molecule has 4 heteroatoms. The van der Waals surface area contributed by atoms with Crippen LogP contribution in [0.25, 0.3) is 0 Å². The fourth-order valence-corrected chi connectivity index (χ4v) is 1.89. The van der Waals surface area contributed by atoms with Crippen molar-refractivity contribution in [3.63, 3.8) is 0 Å². The summed E-state index contributed by atoms with van der Waals surface area (Å²) in [6.45, 7) is 6.06. The van der Waals surface area contributed by atoms with Gasteiger partial charge in [-0.1, -0.05) is 45.0 Å². The summed E-state index contributed by atoms with van der Waals surface area (Å²) in [6, 6.07) is 7.82. The van der Waals surface area contributed by atoms with Gasteiger partial charge in [0.05, 0.1) is 6.10 Å². The van der Waals surface area contributed by atoms with Crippen molar-refractivity contribution in [3.8, 4) is 0 Å². The summed E-state index contributed by atoms with van der Waals surface area (Å²) in [5.41, 5.74) is 2.13. The topological polar surface area (TPSA) is 29.5 Å². The van der Waals surface area contributed by atoms with E-state index in [2.05, 4.69) is 20.8 Å². The van der Waals surface area contributed by atoms with Gasteiger partial charge >= 0.3 is 0 Å². The number of rotatable bonds is 8. The van der Waals surface area contributed by atoms with Gasteiger partial charge in [0.15, 0.2) is 0 Å². The Bertz CT molecular complexity index is 388. The van der Waals surface area contributed by atoms with Crippen LogP contribution in [0.4, 0.5) is 8.78 Å². The number of ether oxygens (including phenoxy) is 1. The minimum Gasteiger partial charge on any atom is -0.388 e. The number of hydrogen-bond donors (Lipinski definition) is 1. The number of benzene rings is 1. The van der Waals surface area contributed by atoms with Gasteiger partial charge in [0, 0.05) is 13.0 Å². The number of aliphatic hydroxyl groups excluding tert-OH is 1. The van der Waals surface area contributed by atoms with Gasteiger partial charge in [0.2, 0.25) is 0 Å². The quantitative estimate of drug-likeness (QED) is 0.730. The van der Waals surface area contributed by atoms with E-state index in [1.807, 2.05) is 24.3 Å². The van der Waals surface area contributed by atoms with Crippen LogP contribution in [0.5, 0.6) is 0 Å². The molecule has 1 atom stereocenters. The Labute approximate surface area is 119 Å². The van der Waals surface area contributed by atoms with Crippen molar-refractivity contribution < 1.29 is 18.6 Å². The van der Waals surface area contributed by atoms with Crippen molar-refractivity contribution in [1.82, 2.24) is 0 Å². The molecule has 0 spiro atoms. The second kappa shape index (κ2) is 7.70. The summed E-state index contributed by atoms with van der Waals surface area (Å²) in [7, 11) is 0. The van der Waals surface area contributed by atoms with Crippen LogP contribution in [0, 0.1) is 0 Å². The molecule has 0 amide bonds. The zero-order chi connectivity index (χ0) is 15.2. The fourth-order valence-electron chi connectivity index (χ4n) is 1.89. The Hall–Kier alpha value is -1.00. The number of hydrogen-bond acceptors (Lipinski definition) is 2. The Kier molecular flexibility index (Phi) is 6.56. The average Bonchev–Trinajstić information content (AvgIpc) is 2.43. The third-order valence-electron chi connectivity index (χ3n) is 3.74. The van der Waals surface area contributed by atoms with E-state index in [0.717, 1.165) is 12.0 Å². The maximum absolute atomic E-state index is 11.9. The molecule has 0 aliphatic rings. The highest BCUT2D eigenvalue weighted by Gasteiger charge is 2.18. The van der Waals surface area contributed by atoms with Gasteiger partial charge in [-0.25, -0.2) is 8.78 Å². The molecule has 1 aromatic rings. The molecular weight excluding hydrogens is 262 g/mol. The lowest BCUT2D eigenvalue weighted by Gasteiger charge is -2.24. The van der Waals surface area contributed by atoms with E-state index >= 15 is 0 Å². The summed E-state index contributed by atoms with van der Waals surface area (Å²) in [5, 5.41) is 9.97. The van der Waals surface area contributed by atoms with E-state index in [1.165, 1.54) is 5.56 Å². The van der Waals surface area contributed by atoms with Crippen molar-refractivity contribution >= 4 is 0 Å². The lowest BCUT2D eigenvalue weighted by molar-refractivity contribution is 0.00481.